The average Bonchev–Trinajstić information content (AvgIpc) is 3.09. The Kier molecular flexibility index (Phi) is 5.95. The summed E-state index contributed by atoms with van der Waals surface area (Å²) in [5.74, 6) is 0.863. The number of ether oxygens (including phenoxy) is 1. The molecule has 6 nitrogen and oxygen atoms in total. The zero-order valence-electron chi connectivity index (χ0n) is 14.5. The lowest BCUT2D eigenvalue weighted by Gasteiger charge is -2.09. The lowest BCUT2D eigenvalue weighted by Crippen LogP contribution is -2.30. The first-order valence-electron chi connectivity index (χ1n) is 8.08. The van der Waals surface area contributed by atoms with Gasteiger partial charge in [-0.25, -0.2) is 4.98 Å². The van der Waals surface area contributed by atoms with Gasteiger partial charge in [0.05, 0.1) is 17.7 Å². The summed E-state index contributed by atoms with van der Waals surface area (Å²) in [5.41, 5.74) is 1.04. The smallest absolute Gasteiger partial charge is 0.262 e. The van der Waals surface area contributed by atoms with E-state index in [0.29, 0.717) is 28.5 Å². The highest BCUT2D eigenvalue weighted by atomic mass is 32.2. The van der Waals surface area contributed by atoms with Gasteiger partial charge in [0.2, 0.25) is 5.91 Å². The molecule has 0 bridgehead atoms. The summed E-state index contributed by atoms with van der Waals surface area (Å²) in [6.07, 6.45) is 0. The van der Waals surface area contributed by atoms with Crippen LogP contribution in [0.2, 0.25) is 0 Å². The molecule has 0 atom stereocenters. The molecule has 0 spiro atoms. The number of amides is 1. The number of hydrogen-bond donors (Lipinski definition) is 1. The van der Waals surface area contributed by atoms with E-state index >= 15 is 0 Å². The van der Waals surface area contributed by atoms with Crippen molar-refractivity contribution in [2.45, 2.75) is 12.1 Å². The van der Waals surface area contributed by atoms with E-state index in [9.17, 15) is 9.59 Å². The van der Waals surface area contributed by atoms with Gasteiger partial charge in [-0.1, -0.05) is 23.9 Å². The Bertz CT molecular complexity index is 981. The molecule has 1 amide bonds. The summed E-state index contributed by atoms with van der Waals surface area (Å²) in [6, 6.07) is 9.54. The lowest BCUT2D eigenvalue weighted by atomic mass is 10.2. The first-order chi connectivity index (χ1) is 12.5. The first-order valence-corrected chi connectivity index (χ1v) is 9.94. The van der Waals surface area contributed by atoms with E-state index in [0.717, 1.165) is 11.3 Å². The van der Waals surface area contributed by atoms with Crippen molar-refractivity contribution in [3.05, 3.63) is 51.6 Å². The highest BCUT2D eigenvalue weighted by Gasteiger charge is 2.11. The summed E-state index contributed by atoms with van der Waals surface area (Å²) in [5, 5.41) is 5.80. The van der Waals surface area contributed by atoms with Gasteiger partial charge in [0.1, 0.15) is 17.2 Å². The second kappa shape index (κ2) is 8.37. The highest BCUT2D eigenvalue weighted by Crippen LogP contribution is 2.20. The number of benzene rings is 1. The Balaban J connectivity index is 1.47. The highest BCUT2D eigenvalue weighted by molar-refractivity contribution is 7.99. The molecular weight excluding hydrogens is 370 g/mol. The van der Waals surface area contributed by atoms with Crippen LogP contribution in [0.5, 0.6) is 5.75 Å². The van der Waals surface area contributed by atoms with Gasteiger partial charge in [-0.05, 0) is 36.1 Å². The fraction of sp³-hybridized carbons (Fsp3) is 0.278. The number of rotatable bonds is 7. The van der Waals surface area contributed by atoms with Crippen molar-refractivity contribution in [1.29, 1.82) is 0 Å². The molecule has 0 fully saturated rings. The number of aromatic nitrogens is 2. The molecule has 0 saturated carbocycles. The van der Waals surface area contributed by atoms with Gasteiger partial charge in [-0.15, -0.1) is 11.3 Å². The third-order valence-corrected chi connectivity index (χ3v) is 5.52. The fourth-order valence-corrected chi connectivity index (χ4v) is 3.96. The van der Waals surface area contributed by atoms with Crippen molar-refractivity contribution in [3.8, 4) is 5.75 Å². The Morgan fingerprint density at radius 3 is 3.04 bits per heavy atom. The van der Waals surface area contributed by atoms with Crippen LogP contribution in [0.3, 0.4) is 0 Å². The summed E-state index contributed by atoms with van der Waals surface area (Å²) in [4.78, 5) is 29.4. The standard InChI is InChI=1S/C18H19N3O3S2/c1-12-4-3-5-13(10-12)24-8-7-19-15(22)11-26-18-20-16-14(6-9-25-16)17(23)21(18)2/h3-6,9-10H,7-8,11H2,1-2H3,(H,19,22). The van der Waals surface area contributed by atoms with Crippen LogP contribution in [0.1, 0.15) is 5.56 Å². The maximum atomic E-state index is 12.2. The molecule has 0 unspecified atom stereocenters. The van der Waals surface area contributed by atoms with Crippen LogP contribution in [0.4, 0.5) is 0 Å². The summed E-state index contributed by atoms with van der Waals surface area (Å²) in [6.45, 7) is 2.82. The van der Waals surface area contributed by atoms with Crippen LogP contribution in [-0.4, -0.2) is 34.4 Å². The largest absolute Gasteiger partial charge is 0.492 e. The zero-order chi connectivity index (χ0) is 18.5. The molecule has 3 rings (SSSR count). The van der Waals surface area contributed by atoms with E-state index in [2.05, 4.69) is 10.3 Å². The molecule has 0 aliphatic heterocycles. The number of carbonyl (C=O) groups is 1. The number of thiophene rings is 1. The number of fused-ring (bicyclic) bond motifs is 1. The predicted octanol–water partition coefficient (Wildman–Crippen LogP) is 2.59. The maximum Gasteiger partial charge on any atom is 0.262 e. The van der Waals surface area contributed by atoms with Crippen LogP contribution in [0.15, 0.2) is 45.7 Å². The van der Waals surface area contributed by atoms with E-state index in [1.165, 1.54) is 27.7 Å². The van der Waals surface area contributed by atoms with Gasteiger partial charge in [0.15, 0.2) is 5.16 Å². The molecule has 1 aromatic carbocycles. The average molecular weight is 390 g/mol. The van der Waals surface area contributed by atoms with Gasteiger partial charge < -0.3 is 10.1 Å². The second-order valence-electron chi connectivity index (χ2n) is 5.70. The SMILES string of the molecule is Cc1cccc(OCCNC(=O)CSc2nc3sccc3c(=O)n2C)c1. The molecule has 136 valence electrons. The van der Waals surface area contributed by atoms with Crippen molar-refractivity contribution < 1.29 is 9.53 Å². The Hall–Kier alpha value is -2.32. The summed E-state index contributed by atoms with van der Waals surface area (Å²) in [7, 11) is 1.67. The van der Waals surface area contributed by atoms with E-state index in [1.807, 2.05) is 36.6 Å². The number of nitrogens with one attached hydrogen (secondary N) is 1. The molecule has 2 heterocycles. The predicted molar refractivity (Wildman–Crippen MR) is 105 cm³/mol. The van der Waals surface area contributed by atoms with Crippen LogP contribution < -0.4 is 15.6 Å². The Morgan fingerprint density at radius 2 is 2.23 bits per heavy atom. The van der Waals surface area contributed by atoms with Crippen molar-refractivity contribution in [1.82, 2.24) is 14.9 Å². The Morgan fingerprint density at radius 1 is 1.38 bits per heavy atom. The van der Waals surface area contributed by atoms with Gasteiger partial charge in [-0.2, -0.15) is 0 Å². The minimum absolute atomic E-state index is 0.0919. The van der Waals surface area contributed by atoms with Crippen molar-refractivity contribution in [3.63, 3.8) is 0 Å². The molecule has 1 N–H and O–H groups in total. The van der Waals surface area contributed by atoms with Crippen molar-refractivity contribution in [2.75, 3.05) is 18.9 Å². The van der Waals surface area contributed by atoms with Gasteiger partial charge in [-0.3, -0.25) is 14.2 Å². The molecule has 0 radical (unpaired) electrons. The monoisotopic (exact) mass is 389 g/mol. The van der Waals surface area contributed by atoms with Gasteiger partial charge in [0, 0.05) is 7.05 Å². The maximum absolute atomic E-state index is 12.2. The summed E-state index contributed by atoms with van der Waals surface area (Å²) >= 11 is 2.67. The quantitative estimate of drug-likeness (QED) is 0.382. The molecule has 26 heavy (non-hydrogen) atoms. The number of nitrogens with zero attached hydrogens (tertiary/aromatic N) is 2. The third kappa shape index (κ3) is 4.44. The zero-order valence-corrected chi connectivity index (χ0v) is 16.2. The number of aryl methyl sites for hydroxylation is 1. The minimum Gasteiger partial charge on any atom is -0.492 e. The van der Waals surface area contributed by atoms with Gasteiger partial charge in [0.25, 0.3) is 5.56 Å². The van der Waals surface area contributed by atoms with E-state index in [4.69, 9.17) is 4.74 Å². The van der Waals surface area contributed by atoms with Crippen molar-refractivity contribution >= 4 is 39.2 Å². The molecule has 2 aromatic heterocycles. The molecule has 0 aliphatic rings. The number of thioether (sulfide) groups is 1. The molecule has 3 aromatic rings. The van der Waals surface area contributed by atoms with E-state index < -0.39 is 0 Å². The van der Waals surface area contributed by atoms with Crippen LogP contribution in [-0.2, 0) is 11.8 Å². The van der Waals surface area contributed by atoms with Crippen LogP contribution in [0.25, 0.3) is 10.2 Å². The van der Waals surface area contributed by atoms with Crippen LogP contribution in [0, 0.1) is 6.92 Å². The normalized spacial score (nSPS) is 10.8. The van der Waals surface area contributed by atoms with E-state index in [1.54, 1.807) is 13.1 Å². The lowest BCUT2D eigenvalue weighted by molar-refractivity contribution is -0.118. The molecule has 8 heteroatoms. The first kappa shape index (κ1) is 18.5. The van der Waals surface area contributed by atoms with Crippen LogP contribution >= 0.6 is 23.1 Å². The number of hydrogen-bond acceptors (Lipinski definition) is 6. The van der Waals surface area contributed by atoms with E-state index in [-0.39, 0.29) is 17.2 Å². The minimum atomic E-state index is -0.122. The van der Waals surface area contributed by atoms with Crippen molar-refractivity contribution in [2.24, 2.45) is 7.05 Å². The Labute approximate surface area is 159 Å². The molecular formula is C18H19N3O3S2. The fourth-order valence-electron chi connectivity index (χ4n) is 2.35. The van der Waals surface area contributed by atoms with Gasteiger partial charge >= 0.3 is 0 Å². The molecule has 0 saturated heterocycles. The number of carbonyl (C=O) groups excluding carboxylic acids is 1. The topological polar surface area (TPSA) is 73.2 Å². The molecule has 0 aliphatic carbocycles. The second-order valence-corrected chi connectivity index (χ2v) is 7.54. The third-order valence-electron chi connectivity index (χ3n) is 3.68. The summed E-state index contributed by atoms with van der Waals surface area (Å²) < 4.78 is 7.08.